The fraction of sp³-hybridized carbons (Fsp3) is 0.457. The highest BCUT2D eigenvalue weighted by Gasteiger charge is 2.68. The minimum atomic E-state index is -1.48. The normalized spacial score (nSPS) is 34.7. The number of ketones is 1. The fourth-order valence-corrected chi connectivity index (χ4v) is 10.7. The van der Waals surface area contributed by atoms with Gasteiger partial charge in [-0.05, 0) is 110 Å². The van der Waals surface area contributed by atoms with Gasteiger partial charge in [0.15, 0.2) is 5.78 Å². The van der Waals surface area contributed by atoms with Gasteiger partial charge >= 0.3 is 0 Å². The van der Waals surface area contributed by atoms with E-state index < -0.39 is 17.1 Å². The Kier molecular flexibility index (Phi) is 5.98. The Balaban J connectivity index is 1.08. The molecule has 5 unspecified atom stereocenters. The van der Waals surface area contributed by atoms with Crippen molar-refractivity contribution >= 4 is 33.4 Å². The summed E-state index contributed by atoms with van der Waals surface area (Å²) in [5.41, 5.74) is 2.79. The second-order valence-corrected chi connectivity index (χ2v) is 14.9. The maximum atomic E-state index is 13.9. The van der Waals surface area contributed by atoms with Crippen LogP contribution in [0.2, 0.25) is 0 Å². The van der Waals surface area contributed by atoms with Crippen molar-refractivity contribution in [3.63, 3.8) is 0 Å². The highest BCUT2D eigenvalue weighted by Crippen LogP contribution is 2.67. The van der Waals surface area contributed by atoms with Crippen LogP contribution in [0.1, 0.15) is 62.2 Å². The molecule has 0 bridgehead atoms. The summed E-state index contributed by atoms with van der Waals surface area (Å²) in [5.74, 6) is -0.0275. The number of hydrogen-bond acceptors (Lipinski definition) is 6. The molecule has 2 aromatic carbocycles. The number of Topliss-reactive ketones (excluding diaryl/α,β-unsaturated/α-hetero) is 1. The number of allylic oxidation sites excluding steroid dienone is 1. The van der Waals surface area contributed by atoms with E-state index in [0.29, 0.717) is 12.8 Å². The molecule has 2 heterocycles. The number of benzene rings is 2. The molecule has 4 aliphatic rings. The number of thiazole rings is 1. The van der Waals surface area contributed by atoms with E-state index in [9.17, 15) is 19.4 Å². The molecular formula is C35H36FN3O3S. The first-order valence-electron chi connectivity index (χ1n) is 15.4. The van der Waals surface area contributed by atoms with Gasteiger partial charge in [-0.15, -0.1) is 11.3 Å². The summed E-state index contributed by atoms with van der Waals surface area (Å²) in [6, 6.07) is 14.3. The summed E-state index contributed by atoms with van der Waals surface area (Å²) in [7, 11) is 0. The average Bonchev–Trinajstić information content (AvgIpc) is 3.65. The van der Waals surface area contributed by atoms with Crippen LogP contribution >= 0.6 is 11.3 Å². The van der Waals surface area contributed by atoms with Gasteiger partial charge in [-0.3, -0.25) is 4.79 Å². The zero-order valence-electron chi connectivity index (χ0n) is 24.5. The van der Waals surface area contributed by atoms with E-state index in [1.54, 1.807) is 12.1 Å². The number of aliphatic hydroxyl groups is 2. The summed E-state index contributed by atoms with van der Waals surface area (Å²) < 4.78 is 16.5. The SMILES string of the molecule is CC12Cc3cnn(-c4ccc(F)cc4)c3C=C1CCC1C2[C@@H](O)CC2(C)C1CC[C@]2(O)C(=O)Cc1nc2ccccc2s1. The summed E-state index contributed by atoms with van der Waals surface area (Å²) in [6.07, 6.45) is 7.88. The lowest BCUT2D eigenvalue weighted by Gasteiger charge is -2.60. The number of aliphatic hydroxyl groups excluding tert-OH is 1. The van der Waals surface area contributed by atoms with Crippen LogP contribution < -0.4 is 0 Å². The molecule has 6 nitrogen and oxygen atoms in total. The highest BCUT2D eigenvalue weighted by molar-refractivity contribution is 7.18. The van der Waals surface area contributed by atoms with Crippen LogP contribution in [0.4, 0.5) is 4.39 Å². The quantitative estimate of drug-likeness (QED) is 0.288. The van der Waals surface area contributed by atoms with Crippen LogP contribution in [0.3, 0.4) is 0 Å². The number of halogens is 1. The molecule has 0 spiro atoms. The number of carbonyl (C=O) groups excluding carboxylic acids is 1. The number of fused-ring (bicyclic) bond motifs is 7. The minimum absolute atomic E-state index is 0.0367. The van der Waals surface area contributed by atoms with Crippen molar-refractivity contribution in [2.45, 2.75) is 70.5 Å². The maximum Gasteiger partial charge on any atom is 0.171 e. The highest BCUT2D eigenvalue weighted by atomic mass is 32.1. The third kappa shape index (κ3) is 3.85. The topological polar surface area (TPSA) is 88.2 Å². The molecule has 2 N–H and O–H groups in total. The Morgan fingerprint density at radius 2 is 1.93 bits per heavy atom. The van der Waals surface area contributed by atoms with Crippen LogP contribution in [0.5, 0.6) is 0 Å². The van der Waals surface area contributed by atoms with Crippen molar-refractivity contribution in [3.8, 4) is 5.69 Å². The molecule has 0 radical (unpaired) electrons. The van der Waals surface area contributed by atoms with Crippen LogP contribution in [0.25, 0.3) is 22.0 Å². The van der Waals surface area contributed by atoms with Crippen molar-refractivity contribution in [2.24, 2.45) is 28.6 Å². The Labute approximate surface area is 254 Å². The lowest BCUT2D eigenvalue weighted by molar-refractivity contribution is -0.179. The number of nitrogens with zero attached hydrogens (tertiary/aromatic N) is 3. The summed E-state index contributed by atoms with van der Waals surface area (Å²) >= 11 is 1.52. The van der Waals surface area contributed by atoms with E-state index in [1.165, 1.54) is 29.0 Å². The molecule has 3 fully saturated rings. The smallest absolute Gasteiger partial charge is 0.171 e. The molecule has 0 aliphatic heterocycles. The van der Waals surface area contributed by atoms with Crippen molar-refractivity contribution < 1.29 is 19.4 Å². The van der Waals surface area contributed by atoms with Gasteiger partial charge in [0.1, 0.15) is 16.4 Å². The summed E-state index contributed by atoms with van der Waals surface area (Å²) in [6.45, 7) is 4.35. The van der Waals surface area contributed by atoms with Gasteiger partial charge in [-0.2, -0.15) is 5.10 Å². The molecule has 2 aromatic heterocycles. The zero-order chi connectivity index (χ0) is 29.7. The van der Waals surface area contributed by atoms with Crippen LogP contribution in [0.15, 0.2) is 60.3 Å². The molecule has 43 heavy (non-hydrogen) atoms. The Morgan fingerprint density at radius 3 is 2.72 bits per heavy atom. The molecule has 4 aliphatic carbocycles. The standard InChI is InChI=1S/C35H36FN3O3S/c1-33-17-20-19-37-39(23-10-8-22(36)9-11-23)27(20)15-21(33)7-12-24-25-13-14-35(42,34(25,2)18-28(40)32(24)33)30(41)16-31-38-26-5-3-4-6-29(26)43-31/h3-6,8-11,15,19,24-25,28,32,40,42H,7,12-14,16-18H2,1-2H3/t24?,25?,28-,32?,33?,34?,35-/m0/s1. The minimum Gasteiger partial charge on any atom is -0.393 e. The monoisotopic (exact) mass is 597 g/mol. The van der Waals surface area contributed by atoms with Crippen LogP contribution in [-0.4, -0.2) is 42.5 Å². The average molecular weight is 598 g/mol. The third-order valence-electron chi connectivity index (χ3n) is 11.8. The number of para-hydroxylation sites is 1. The maximum absolute atomic E-state index is 13.9. The van der Waals surface area contributed by atoms with Crippen molar-refractivity contribution in [3.05, 3.63) is 82.4 Å². The molecule has 0 saturated heterocycles. The number of hydrogen-bond donors (Lipinski definition) is 2. The Bertz CT molecular complexity index is 1760. The molecule has 8 rings (SSSR count). The van der Waals surface area contributed by atoms with Gasteiger partial charge in [0.2, 0.25) is 0 Å². The summed E-state index contributed by atoms with van der Waals surface area (Å²) in [4.78, 5) is 18.6. The van der Waals surface area contributed by atoms with Crippen molar-refractivity contribution in [1.29, 1.82) is 0 Å². The summed E-state index contributed by atoms with van der Waals surface area (Å²) in [5, 5.41) is 29.6. The van der Waals surface area contributed by atoms with Crippen LogP contribution in [-0.2, 0) is 17.6 Å². The molecule has 0 amide bonds. The third-order valence-corrected chi connectivity index (χ3v) is 12.8. The van der Waals surface area contributed by atoms with E-state index in [-0.39, 0.29) is 41.2 Å². The number of aromatic nitrogens is 3. The lowest BCUT2D eigenvalue weighted by Crippen LogP contribution is -2.62. The number of carbonyl (C=O) groups is 1. The van der Waals surface area contributed by atoms with Gasteiger partial charge in [0, 0.05) is 5.41 Å². The van der Waals surface area contributed by atoms with E-state index in [1.807, 2.05) is 35.1 Å². The Hall–Kier alpha value is -3.20. The van der Waals surface area contributed by atoms with Gasteiger partial charge in [-0.1, -0.05) is 31.6 Å². The first-order chi connectivity index (χ1) is 20.6. The fourth-order valence-electron chi connectivity index (χ4n) is 9.71. The van der Waals surface area contributed by atoms with Gasteiger partial charge < -0.3 is 10.2 Å². The van der Waals surface area contributed by atoms with Gasteiger partial charge in [0.25, 0.3) is 0 Å². The van der Waals surface area contributed by atoms with Crippen molar-refractivity contribution in [1.82, 2.24) is 14.8 Å². The lowest BCUT2D eigenvalue weighted by atomic mass is 9.45. The number of rotatable bonds is 4. The molecule has 7 atom stereocenters. The molecule has 4 aromatic rings. The van der Waals surface area contributed by atoms with E-state index in [0.717, 1.165) is 57.9 Å². The van der Waals surface area contributed by atoms with E-state index >= 15 is 0 Å². The Morgan fingerprint density at radius 1 is 1.14 bits per heavy atom. The molecule has 3 saturated carbocycles. The van der Waals surface area contributed by atoms with Crippen molar-refractivity contribution in [2.75, 3.05) is 0 Å². The second kappa shape index (κ2) is 9.40. The van der Waals surface area contributed by atoms with E-state index in [4.69, 9.17) is 0 Å². The van der Waals surface area contributed by atoms with Gasteiger partial charge in [-0.25, -0.2) is 14.1 Å². The second-order valence-electron chi connectivity index (χ2n) is 13.8. The molecular weight excluding hydrogens is 561 g/mol. The first-order valence-corrected chi connectivity index (χ1v) is 16.2. The predicted octanol–water partition coefficient (Wildman–Crippen LogP) is 6.32. The predicted molar refractivity (Wildman–Crippen MR) is 164 cm³/mol. The molecule has 8 heteroatoms. The van der Waals surface area contributed by atoms with Crippen LogP contribution in [0, 0.1) is 34.4 Å². The van der Waals surface area contributed by atoms with E-state index in [2.05, 4.69) is 30.0 Å². The zero-order valence-corrected chi connectivity index (χ0v) is 25.3. The largest absolute Gasteiger partial charge is 0.393 e. The van der Waals surface area contributed by atoms with Gasteiger partial charge in [0.05, 0.1) is 40.3 Å². The molecule has 222 valence electrons. The first kappa shape index (κ1) is 27.4.